The van der Waals surface area contributed by atoms with E-state index in [4.69, 9.17) is 4.74 Å². The first-order valence-electron chi connectivity index (χ1n) is 7.94. The van der Waals surface area contributed by atoms with Gasteiger partial charge in [0, 0.05) is 12.7 Å². The highest BCUT2D eigenvalue weighted by atomic mass is 16.5. The summed E-state index contributed by atoms with van der Waals surface area (Å²) in [5.41, 5.74) is 2.39. The fourth-order valence-corrected chi connectivity index (χ4v) is 2.37. The van der Waals surface area contributed by atoms with Gasteiger partial charge in [0.25, 0.3) is 5.91 Å². The summed E-state index contributed by atoms with van der Waals surface area (Å²) in [6, 6.07) is 20.9. The van der Waals surface area contributed by atoms with Crippen LogP contribution in [0.4, 0.5) is 11.5 Å². The topological polar surface area (TPSA) is 63.2 Å². The Kier molecular flexibility index (Phi) is 5.26. The summed E-state index contributed by atoms with van der Waals surface area (Å²) in [5.74, 6) is 1.22. The van der Waals surface area contributed by atoms with Crippen LogP contribution in [0.5, 0.6) is 5.75 Å². The number of benzene rings is 2. The van der Waals surface area contributed by atoms with Gasteiger partial charge in [-0.25, -0.2) is 4.98 Å². The number of carbonyl (C=O) groups excluding carboxylic acids is 1. The molecule has 0 saturated carbocycles. The minimum absolute atomic E-state index is 0.153. The normalized spacial score (nSPS) is 10.1. The first kappa shape index (κ1) is 16.5. The van der Waals surface area contributed by atoms with E-state index in [1.807, 2.05) is 54.6 Å². The van der Waals surface area contributed by atoms with Gasteiger partial charge in [-0.15, -0.1) is 0 Å². The monoisotopic (exact) mass is 333 g/mol. The molecule has 0 fully saturated rings. The molecule has 5 nitrogen and oxygen atoms in total. The Balaban J connectivity index is 1.62. The number of anilines is 2. The van der Waals surface area contributed by atoms with E-state index in [-0.39, 0.29) is 5.91 Å². The molecule has 2 aromatic carbocycles. The second-order valence-corrected chi connectivity index (χ2v) is 5.43. The summed E-state index contributed by atoms with van der Waals surface area (Å²) in [4.78, 5) is 16.5. The molecule has 3 rings (SSSR count). The van der Waals surface area contributed by atoms with Crippen LogP contribution in [0.15, 0.2) is 72.9 Å². The number of para-hydroxylation sites is 2. The number of amides is 1. The molecule has 3 aromatic rings. The van der Waals surface area contributed by atoms with Crippen LogP contribution in [-0.4, -0.2) is 18.0 Å². The number of aromatic nitrogens is 1. The summed E-state index contributed by atoms with van der Waals surface area (Å²) >= 11 is 0. The maximum Gasteiger partial charge on any atom is 0.253 e. The van der Waals surface area contributed by atoms with Gasteiger partial charge in [-0.3, -0.25) is 4.79 Å². The number of hydrogen-bond acceptors (Lipinski definition) is 4. The summed E-state index contributed by atoms with van der Waals surface area (Å²) in [6.07, 6.45) is 1.55. The molecule has 25 heavy (non-hydrogen) atoms. The lowest BCUT2D eigenvalue weighted by Crippen LogP contribution is -2.22. The number of hydrogen-bond donors (Lipinski definition) is 2. The van der Waals surface area contributed by atoms with E-state index in [2.05, 4.69) is 15.6 Å². The molecule has 1 aromatic heterocycles. The zero-order valence-corrected chi connectivity index (χ0v) is 13.9. The maximum atomic E-state index is 12.2. The molecular formula is C20H19N3O2. The van der Waals surface area contributed by atoms with E-state index >= 15 is 0 Å². The quantitative estimate of drug-likeness (QED) is 0.721. The minimum atomic E-state index is -0.153. The van der Waals surface area contributed by atoms with Gasteiger partial charge < -0.3 is 15.4 Å². The molecule has 0 bridgehead atoms. The Morgan fingerprint density at radius 2 is 1.76 bits per heavy atom. The standard InChI is InChI=1S/C20H19N3O2/c1-25-18-10-6-5-9-17(18)23-19-12-11-16(14-21-19)20(24)22-13-15-7-3-2-4-8-15/h2-12,14H,13H2,1H3,(H,21,23)(H,22,24). The van der Waals surface area contributed by atoms with Crippen LogP contribution in [0.25, 0.3) is 0 Å². The number of rotatable bonds is 6. The number of nitrogens with one attached hydrogen (secondary N) is 2. The van der Waals surface area contributed by atoms with Crippen LogP contribution in [0.1, 0.15) is 15.9 Å². The van der Waals surface area contributed by atoms with Crippen molar-refractivity contribution in [2.75, 3.05) is 12.4 Å². The third-order valence-corrected chi connectivity index (χ3v) is 3.69. The fraction of sp³-hybridized carbons (Fsp3) is 0.100. The van der Waals surface area contributed by atoms with Crippen molar-refractivity contribution in [2.45, 2.75) is 6.54 Å². The van der Waals surface area contributed by atoms with E-state index in [0.29, 0.717) is 17.9 Å². The molecule has 1 heterocycles. The molecule has 0 saturated heterocycles. The van der Waals surface area contributed by atoms with Gasteiger partial charge in [0.15, 0.2) is 0 Å². The maximum absolute atomic E-state index is 12.2. The van der Waals surface area contributed by atoms with Gasteiger partial charge in [0.05, 0.1) is 18.4 Å². The van der Waals surface area contributed by atoms with E-state index in [1.54, 1.807) is 25.4 Å². The molecule has 0 radical (unpaired) electrons. The van der Waals surface area contributed by atoms with Crippen LogP contribution < -0.4 is 15.4 Å². The Morgan fingerprint density at radius 3 is 2.48 bits per heavy atom. The average molecular weight is 333 g/mol. The Morgan fingerprint density at radius 1 is 1.00 bits per heavy atom. The highest BCUT2D eigenvalue weighted by molar-refractivity contribution is 5.94. The minimum Gasteiger partial charge on any atom is -0.495 e. The first-order chi connectivity index (χ1) is 12.3. The van der Waals surface area contributed by atoms with Gasteiger partial charge in [-0.2, -0.15) is 0 Å². The van der Waals surface area contributed by atoms with Gasteiger partial charge in [0.1, 0.15) is 11.6 Å². The lowest BCUT2D eigenvalue weighted by atomic mass is 10.2. The van der Waals surface area contributed by atoms with Gasteiger partial charge in [-0.1, -0.05) is 42.5 Å². The smallest absolute Gasteiger partial charge is 0.253 e. The summed E-state index contributed by atoms with van der Waals surface area (Å²) < 4.78 is 5.30. The summed E-state index contributed by atoms with van der Waals surface area (Å²) in [5, 5.41) is 6.06. The molecule has 126 valence electrons. The molecular weight excluding hydrogens is 314 g/mol. The van der Waals surface area contributed by atoms with Gasteiger partial charge in [-0.05, 0) is 29.8 Å². The van der Waals surface area contributed by atoms with Crippen molar-refractivity contribution in [3.05, 3.63) is 84.1 Å². The van der Waals surface area contributed by atoms with Crippen LogP contribution in [0, 0.1) is 0 Å². The Labute approximate surface area is 146 Å². The van der Waals surface area contributed by atoms with Crippen molar-refractivity contribution in [2.24, 2.45) is 0 Å². The van der Waals surface area contributed by atoms with E-state index in [9.17, 15) is 4.79 Å². The summed E-state index contributed by atoms with van der Waals surface area (Å²) in [7, 11) is 1.62. The lowest BCUT2D eigenvalue weighted by molar-refractivity contribution is 0.0950. The fourth-order valence-electron chi connectivity index (χ4n) is 2.37. The molecule has 1 amide bonds. The van der Waals surface area contributed by atoms with Crippen molar-refractivity contribution in [1.82, 2.24) is 10.3 Å². The van der Waals surface area contributed by atoms with Crippen LogP contribution in [0.3, 0.4) is 0 Å². The van der Waals surface area contributed by atoms with E-state index in [0.717, 1.165) is 17.0 Å². The SMILES string of the molecule is COc1ccccc1Nc1ccc(C(=O)NCc2ccccc2)cn1. The highest BCUT2D eigenvalue weighted by Crippen LogP contribution is 2.26. The molecule has 0 aliphatic rings. The summed E-state index contributed by atoms with van der Waals surface area (Å²) in [6.45, 7) is 0.487. The van der Waals surface area contributed by atoms with Crippen LogP contribution in [-0.2, 0) is 6.54 Å². The van der Waals surface area contributed by atoms with E-state index < -0.39 is 0 Å². The zero-order valence-electron chi connectivity index (χ0n) is 13.9. The molecule has 2 N–H and O–H groups in total. The van der Waals surface area contributed by atoms with E-state index in [1.165, 1.54) is 0 Å². The second kappa shape index (κ2) is 7.97. The molecule has 0 aliphatic carbocycles. The second-order valence-electron chi connectivity index (χ2n) is 5.43. The zero-order chi connectivity index (χ0) is 17.5. The number of nitrogens with zero attached hydrogens (tertiary/aromatic N) is 1. The molecule has 0 atom stereocenters. The number of methoxy groups -OCH3 is 1. The van der Waals surface area contributed by atoms with Crippen molar-refractivity contribution < 1.29 is 9.53 Å². The number of carbonyl (C=O) groups is 1. The third kappa shape index (κ3) is 4.35. The molecule has 0 spiro atoms. The number of pyridine rings is 1. The highest BCUT2D eigenvalue weighted by Gasteiger charge is 2.07. The predicted molar refractivity (Wildman–Crippen MR) is 98.1 cm³/mol. The van der Waals surface area contributed by atoms with Crippen molar-refractivity contribution in [3.63, 3.8) is 0 Å². The third-order valence-electron chi connectivity index (χ3n) is 3.69. The largest absolute Gasteiger partial charge is 0.495 e. The van der Waals surface area contributed by atoms with Crippen molar-refractivity contribution >= 4 is 17.4 Å². The first-order valence-corrected chi connectivity index (χ1v) is 7.94. The van der Waals surface area contributed by atoms with Crippen LogP contribution in [0.2, 0.25) is 0 Å². The Bertz CT molecular complexity index is 833. The predicted octanol–water partition coefficient (Wildman–Crippen LogP) is 3.76. The average Bonchev–Trinajstić information content (AvgIpc) is 2.68. The number of ether oxygens (including phenoxy) is 1. The van der Waals surface area contributed by atoms with Gasteiger partial charge >= 0.3 is 0 Å². The molecule has 0 unspecified atom stereocenters. The lowest BCUT2D eigenvalue weighted by Gasteiger charge is -2.10. The molecule has 5 heteroatoms. The van der Waals surface area contributed by atoms with Gasteiger partial charge in [0.2, 0.25) is 0 Å². The van der Waals surface area contributed by atoms with Crippen molar-refractivity contribution in [3.8, 4) is 5.75 Å². The Hall–Kier alpha value is -3.34. The van der Waals surface area contributed by atoms with Crippen LogP contribution >= 0.6 is 0 Å². The molecule has 0 aliphatic heterocycles. The van der Waals surface area contributed by atoms with Crippen molar-refractivity contribution in [1.29, 1.82) is 0 Å².